The van der Waals surface area contributed by atoms with Crippen molar-refractivity contribution in [1.29, 1.82) is 0 Å². The van der Waals surface area contributed by atoms with Crippen LogP contribution in [0, 0.1) is 10.8 Å². The number of alkyl halides is 3. The minimum absolute atomic E-state index is 0.172. The molecule has 6 heteroatoms. The summed E-state index contributed by atoms with van der Waals surface area (Å²) in [5.74, 6) is 0.351. The summed E-state index contributed by atoms with van der Waals surface area (Å²) in [5.41, 5.74) is -1.11. The number of nitrogens with zero attached hydrogens (tertiary/aromatic N) is 1. The maximum atomic E-state index is 13.0. The molecule has 1 aromatic heterocycles. The van der Waals surface area contributed by atoms with Crippen molar-refractivity contribution in [1.82, 2.24) is 4.57 Å². The second-order valence-corrected chi connectivity index (χ2v) is 7.92. The fourth-order valence-electron chi connectivity index (χ4n) is 3.64. The topological polar surface area (TPSA) is 22.0 Å². The molecule has 122 valence electrons. The molecule has 1 fully saturated rings. The highest BCUT2D eigenvalue weighted by molar-refractivity contribution is 6.55. The van der Waals surface area contributed by atoms with Gasteiger partial charge in [-0.05, 0) is 16.9 Å². The zero-order valence-electron chi connectivity index (χ0n) is 13.8. The molecule has 2 rings (SSSR count). The van der Waals surface area contributed by atoms with Gasteiger partial charge in [-0.2, -0.15) is 13.2 Å². The summed E-state index contributed by atoms with van der Waals surface area (Å²) in [6.07, 6.45) is -1.08. The van der Waals surface area contributed by atoms with Crippen molar-refractivity contribution < 1.29 is 13.2 Å². The van der Waals surface area contributed by atoms with Crippen LogP contribution in [0.15, 0.2) is 17.1 Å². The molecule has 0 saturated heterocycles. The molecule has 0 bridgehead atoms. The largest absolute Gasteiger partial charge is 0.421 e. The van der Waals surface area contributed by atoms with Crippen LogP contribution in [0.2, 0.25) is 5.82 Å². The number of pyridine rings is 1. The molecule has 0 aromatic carbocycles. The summed E-state index contributed by atoms with van der Waals surface area (Å²) in [6, 6.07) is 1.03. The van der Waals surface area contributed by atoms with Crippen molar-refractivity contribution in [2.24, 2.45) is 17.9 Å². The van der Waals surface area contributed by atoms with Crippen molar-refractivity contribution >= 4 is 12.7 Å². The fraction of sp³-hybridized carbons (Fsp3) is 0.688. The predicted molar refractivity (Wildman–Crippen MR) is 84.0 cm³/mol. The Balaban J connectivity index is 2.29. The molecule has 1 heterocycles. The van der Waals surface area contributed by atoms with Gasteiger partial charge in [0, 0.05) is 13.2 Å². The first-order valence-corrected chi connectivity index (χ1v) is 7.60. The molecular formula is C16H23BF3NO. The van der Waals surface area contributed by atoms with Crippen LogP contribution in [0.3, 0.4) is 0 Å². The molecule has 2 nitrogen and oxygen atoms in total. The van der Waals surface area contributed by atoms with E-state index in [-0.39, 0.29) is 10.8 Å². The highest BCUT2D eigenvalue weighted by Crippen LogP contribution is 2.56. The first-order valence-electron chi connectivity index (χ1n) is 7.60. The third-order valence-corrected chi connectivity index (χ3v) is 5.50. The van der Waals surface area contributed by atoms with Gasteiger partial charge in [-0.3, -0.25) is 4.79 Å². The molecule has 22 heavy (non-hydrogen) atoms. The molecule has 0 unspecified atom stereocenters. The standard InChI is InChI=1S/C16H23BF3NO/c1-14(2)7-11(8-15(14,3)4)17-10-6-12(16(18,19)20)13(22)21(5)9-10/h6,9,11,17H,7-8H2,1-5H3. The van der Waals surface area contributed by atoms with Crippen molar-refractivity contribution in [3.05, 3.63) is 28.2 Å². The van der Waals surface area contributed by atoms with Gasteiger partial charge in [0.05, 0.1) is 0 Å². The van der Waals surface area contributed by atoms with Crippen molar-refractivity contribution in [2.45, 2.75) is 52.5 Å². The molecular weight excluding hydrogens is 290 g/mol. The van der Waals surface area contributed by atoms with E-state index < -0.39 is 17.3 Å². The Hall–Kier alpha value is -1.20. The van der Waals surface area contributed by atoms with Crippen molar-refractivity contribution in [3.63, 3.8) is 0 Å². The predicted octanol–water partition coefficient (Wildman–Crippen LogP) is 3.10. The average Bonchev–Trinajstić information content (AvgIpc) is 2.50. The molecule has 1 aromatic rings. The lowest BCUT2D eigenvalue weighted by molar-refractivity contribution is -0.138. The number of aromatic nitrogens is 1. The fourth-order valence-corrected chi connectivity index (χ4v) is 3.64. The van der Waals surface area contributed by atoms with E-state index in [0.29, 0.717) is 18.6 Å². The van der Waals surface area contributed by atoms with E-state index in [0.717, 1.165) is 23.5 Å². The van der Waals surface area contributed by atoms with Gasteiger partial charge in [0.25, 0.3) is 5.56 Å². The van der Waals surface area contributed by atoms with E-state index in [1.165, 1.54) is 13.2 Å². The molecule has 1 aliphatic carbocycles. The van der Waals surface area contributed by atoms with Gasteiger partial charge in [0.2, 0.25) is 0 Å². The lowest BCUT2D eigenvalue weighted by atomic mass is 9.58. The lowest BCUT2D eigenvalue weighted by Crippen LogP contribution is -2.33. The summed E-state index contributed by atoms with van der Waals surface area (Å²) in [5, 5.41) is 0. The number of hydrogen-bond acceptors (Lipinski definition) is 1. The summed E-state index contributed by atoms with van der Waals surface area (Å²) >= 11 is 0. The second kappa shape index (κ2) is 5.17. The molecule has 1 saturated carbocycles. The smallest absolute Gasteiger partial charge is 0.319 e. The molecule has 1 aliphatic rings. The molecule has 0 atom stereocenters. The van der Waals surface area contributed by atoms with Gasteiger partial charge in [0.15, 0.2) is 7.28 Å². The second-order valence-electron chi connectivity index (χ2n) is 7.92. The zero-order valence-corrected chi connectivity index (χ0v) is 13.8. The molecule has 0 spiro atoms. The van der Waals surface area contributed by atoms with Crippen LogP contribution in [-0.2, 0) is 13.2 Å². The number of rotatable bonds is 2. The Bertz CT molecular complexity index is 615. The molecule has 0 N–H and O–H groups in total. The maximum absolute atomic E-state index is 13.0. The van der Waals surface area contributed by atoms with Gasteiger partial charge in [-0.15, -0.1) is 0 Å². The highest BCUT2D eigenvalue weighted by Gasteiger charge is 2.46. The van der Waals surface area contributed by atoms with E-state index in [1.807, 2.05) is 0 Å². The van der Waals surface area contributed by atoms with Crippen LogP contribution in [0.1, 0.15) is 46.1 Å². The number of halogens is 3. The van der Waals surface area contributed by atoms with Gasteiger partial charge >= 0.3 is 6.18 Å². The monoisotopic (exact) mass is 313 g/mol. The molecule has 0 amide bonds. The first kappa shape index (κ1) is 17.2. The van der Waals surface area contributed by atoms with Crippen molar-refractivity contribution in [3.8, 4) is 0 Å². The number of aryl methyl sites for hydroxylation is 1. The van der Waals surface area contributed by atoms with E-state index >= 15 is 0 Å². The Morgan fingerprint density at radius 2 is 1.68 bits per heavy atom. The van der Waals surface area contributed by atoms with E-state index in [1.54, 1.807) is 0 Å². The summed E-state index contributed by atoms with van der Waals surface area (Å²) in [7, 11) is 1.97. The van der Waals surface area contributed by atoms with Crippen LogP contribution in [0.25, 0.3) is 0 Å². The van der Waals surface area contributed by atoms with Crippen LogP contribution in [0.4, 0.5) is 13.2 Å². The maximum Gasteiger partial charge on any atom is 0.421 e. The van der Waals surface area contributed by atoms with Crippen LogP contribution >= 0.6 is 0 Å². The lowest BCUT2D eigenvalue weighted by Gasteiger charge is -2.34. The van der Waals surface area contributed by atoms with E-state index in [4.69, 9.17) is 0 Å². The average molecular weight is 313 g/mol. The van der Waals surface area contributed by atoms with Crippen LogP contribution < -0.4 is 11.0 Å². The minimum atomic E-state index is -4.60. The Morgan fingerprint density at radius 1 is 1.18 bits per heavy atom. The van der Waals surface area contributed by atoms with Crippen LogP contribution in [0.5, 0.6) is 0 Å². The normalized spacial score (nSPS) is 21.1. The summed E-state index contributed by atoms with van der Waals surface area (Å²) in [4.78, 5) is 11.7. The van der Waals surface area contributed by atoms with Crippen LogP contribution in [-0.4, -0.2) is 11.8 Å². The summed E-state index contributed by atoms with van der Waals surface area (Å²) in [6.45, 7) is 8.87. The number of hydrogen-bond donors (Lipinski definition) is 0. The van der Waals surface area contributed by atoms with Gasteiger partial charge in [0.1, 0.15) is 5.56 Å². The Labute approximate surface area is 130 Å². The SMILES string of the molecule is Cn1cc(BC2CC(C)(C)C(C)(C)C2)cc(C(F)(F)F)c1=O. The molecule has 0 radical (unpaired) electrons. The molecule has 0 aliphatic heterocycles. The van der Waals surface area contributed by atoms with E-state index in [9.17, 15) is 18.0 Å². The highest BCUT2D eigenvalue weighted by atomic mass is 19.4. The third-order valence-electron chi connectivity index (χ3n) is 5.50. The Kier molecular flexibility index (Phi) is 4.03. The Morgan fingerprint density at radius 3 is 2.14 bits per heavy atom. The first-order chi connectivity index (χ1) is 9.83. The van der Waals surface area contributed by atoms with Gasteiger partial charge < -0.3 is 4.57 Å². The minimum Gasteiger partial charge on any atom is -0.319 e. The van der Waals surface area contributed by atoms with Gasteiger partial charge in [-0.25, -0.2) is 0 Å². The van der Waals surface area contributed by atoms with Crippen molar-refractivity contribution in [2.75, 3.05) is 0 Å². The summed E-state index contributed by atoms with van der Waals surface area (Å²) < 4.78 is 39.9. The van der Waals surface area contributed by atoms with E-state index in [2.05, 4.69) is 27.7 Å². The van der Waals surface area contributed by atoms with Gasteiger partial charge in [-0.1, -0.05) is 51.8 Å². The quantitative estimate of drug-likeness (QED) is 0.769. The third kappa shape index (κ3) is 3.11. The zero-order chi connectivity index (χ0) is 16.9.